The number of pyridine rings is 1. The molecule has 0 spiro atoms. The van der Waals surface area contributed by atoms with E-state index in [2.05, 4.69) is 10.3 Å². The Hall–Kier alpha value is -1.93. The van der Waals surface area contributed by atoms with Crippen molar-refractivity contribution in [3.8, 4) is 0 Å². The van der Waals surface area contributed by atoms with Crippen molar-refractivity contribution in [2.45, 2.75) is 0 Å². The van der Waals surface area contributed by atoms with Crippen LogP contribution in [0.15, 0.2) is 12.1 Å². The fourth-order valence-electron chi connectivity index (χ4n) is 1.42. The second kappa shape index (κ2) is 7.61. The molecule has 1 N–H and O–H groups in total. The molecule has 20 heavy (non-hydrogen) atoms. The summed E-state index contributed by atoms with van der Waals surface area (Å²) in [6, 6.07) is 2.41. The van der Waals surface area contributed by atoms with Gasteiger partial charge in [0.15, 0.2) is 0 Å². The Balaban J connectivity index is 2.69. The fourth-order valence-corrected chi connectivity index (χ4v) is 1.61. The number of carbonyl (C=O) groups is 1. The van der Waals surface area contributed by atoms with E-state index in [0.717, 1.165) is 6.07 Å². The van der Waals surface area contributed by atoms with E-state index in [4.69, 9.17) is 16.3 Å². The summed E-state index contributed by atoms with van der Waals surface area (Å²) in [5.74, 6) is 0.0140. The summed E-state index contributed by atoms with van der Waals surface area (Å²) in [6.07, 6.45) is 0. The molecule has 1 aromatic rings. The molecule has 0 aliphatic heterocycles. The number of ether oxygens (including phenoxy) is 1. The Morgan fingerprint density at radius 2 is 2.30 bits per heavy atom. The lowest BCUT2D eigenvalue weighted by molar-refractivity contribution is -0.384. The van der Waals surface area contributed by atoms with Crippen LogP contribution in [-0.4, -0.2) is 49.7 Å². The second-order valence-electron chi connectivity index (χ2n) is 3.96. The summed E-state index contributed by atoms with van der Waals surface area (Å²) in [5, 5.41) is 13.4. The van der Waals surface area contributed by atoms with Crippen molar-refractivity contribution in [2.24, 2.45) is 0 Å². The summed E-state index contributed by atoms with van der Waals surface area (Å²) in [5.41, 5.74) is -0.174. The van der Waals surface area contributed by atoms with Crippen LogP contribution in [0.1, 0.15) is 0 Å². The molecule has 0 saturated carbocycles. The van der Waals surface area contributed by atoms with Crippen LogP contribution in [0.2, 0.25) is 5.15 Å². The lowest BCUT2D eigenvalue weighted by atomic mass is 10.3. The van der Waals surface area contributed by atoms with E-state index in [1.165, 1.54) is 18.1 Å². The van der Waals surface area contributed by atoms with Gasteiger partial charge in [-0.25, -0.2) is 4.98 Å². The van der Waals surface area contributed by atoms with Gasteiger partial charge in [0.2, 0.25) is 5.91 Å². The predicted octanol–water partition coefficient (Wildman–Crippen LogP) is 0.842. The van der Waals surface area contributed by atoms with Crippen molar-refractivity contribution in [2.75, 3.05) is 38.8 Å². The van der Waals surface area contributed by atoms with E-state index < -0.39 is 4.92 Å². The van der Waals surface area contributed by atoms with Crippen molar-refractivity contribution in [1.82, 2.24) is 10.3 Å². The molecule has 1 heterocycles. The molecule has 0 aliphatic carbocycles. The Morgan fingerprint density at radius 3 is 2.90 bits per heavy atom. The molecule has 1 rings (SSSR count). The van der Waals surface area contributed by atoms with Crippen LogP contribution in [0.25, 0.3) is 0 Å². The number of hydrogen-bond acceptors (Lipinski definition) is 6. The zero-order chi connectivity index (χ0) is 15.1. The highest BCUT2D eigenvalue weighted by Crippen LogP contribution is 2.22. The van der Waals surface area contributed by atoms with Gasteiger partial charge in [0.1, 0.15) is 11.0 Å². The van der Waals surface area contributed by atoms with E-state index in [1.807, 2.05) is 0 Å². The van der Waals surface area contributed by atoms with E-state index in [0.29, 0.717) is 13.2 Å². The number of nitrogens with one attached hydrogen (secondary N) is 1. The van der Waals surface area contributed by atoms with Gasteiger partial charge in [-0.05, 0) is 0 Å². The number of anilines is 1. The number of rotatable bonds is 7. The zero-order valence-electron chi connectivity index (χ0n) is 11.1. The average Bonchev–Trinajstić information content (AvgIpc) is 2.38. The number of methoxy groups -OCH3 is 1. The third-order valence-electron chi connectivity index (χ3n) is 2.38. The summed E-state index contributed by atoms with van der Waals surface area (Å²) < 4.78 is 4.81. The van der Waals surface area contributed by atoms with Crippen LogP contribution in [0, 0.1) is 10.1 Å². The molecule has 8 nitrogen and oxygen atoms in total. The Bertz CT molecular complexity index is 497. The molecule has 0 bridgehead atoms. The number of nitrogens with zero attached hydrogens (tertiary/aromatic N) is 3. The maximum absolute atomic E-state index is 11.6. The maximum Gasteiger partial charge on any atom is 0.276 e. The highest BCUT2D eigenvalue weighted by Gasteiger charge is 2.14. The second-order valence-corrected chi connectivity index (χ2v) is 4.35. The topological polar surface area (TPSA) is 97.6 Å². The first-order valence-electron chi connectivity index (χ1n) is 5.72. The minimum absolute atomic E-state index is 0.000779. The molecular weight excluding hydrogens is 288 g/mol. The van der Waals surface area contributed by atoms with Gasteiger partial charge in [-0.15, -0.1) is 0 Å². The molecule has 9 heteroatoms. The van der Waals surface area contributed by atoms with E-state index in [9.17, 15) is 14.9 Å². The minimum Gasteiger partial charge on any atom is -0.383 e. The number of amides is 1. The van der Waals surface area contributed by atoms with Crippen molar-refractivity contribution in [1.29, 1.82) is 0 Å². The van der Waals surface area contributed by atoms with Crippen LogP contribution >= 0.6 is 11.6 Å². The third-order valence-corrected chi connectivity index (χ3v) is 2.57. The molecule has 1 amide bonds. The molecular formula is C11H15ClN4O4. The molecule has 0 unspecified atom stereocenters. The van der Waals surface area contributed by atoms with Crippen molar-refractivity contribution in [3.05, 3.63) is 27.4 Å². The lowest BCUT2D eigenvalue weighted by Crippen LogP contribution is -2.37. The molecule has 0 saturated heterocycles. The van der Waals surface area contributed by atoms with Crippen molar-refractivity contribution < 1.29 is 14.5 Å². The van der Waals surface area contributed by atoms with Gasteiger partial charge >= 0.3 is 0 Å². The van der Waals surface area contributed by atoms with Gasteiger partial charge in [-0.3, -0.25) is 14.9 Å². The van der Waals surface area contributed by atoms with Crippen LogP contribution in [0.3, 0.4) is 0 Å². The first-order valence-corrected chi connectivity index (χ1v) is 6.10. The molecule has 0 aromatic carbocycles. The summed E-state index contributed by atoms with van der Waals surface area (Å²) in [7, 11) is 3.13. The van der Waals surface area contributed by atoms with E-state index in [-0.39, 0.29) is 29.1 Å². The first-order chi connectivity index (χ1) is 9.43. The van der Waals surface area contributed by atoms with Gasteiger partial charge in [-0.1, -0.05) is 11.6 Å². The zero-order valence-corrected chi connectivity index (χ0v) is 11.9. The number of likely N-dealkylation sites (N-methyl/N-ethyl adjacent to an activating group) is 1. The van der Waals surface area contributed by atoms with Crippen molar-refractivity contribution in [3.63, 3.8) is 0 Å². The first kappa shape index (κ1) is 16.1. The average molecular weight is 303 g/mol. The minimum atomic E-state index is -0.566. The van der Waals surface area contributed by atoms with E-state index >= 15 is 0 Å². The molecule has 1 aromatic heterocycles. The Morgan fingerprint density at radius 1 is 1.60 bits per heavy atom. The van der Waals surface area contributed by atoms with Gasteiger partial charge < -0.3 is 15.0 Å². The normalized spacial score (nSPS) is 10.2. The largest absolute Gasteiger partial charge is 0.383 e. The molecule has 0 radical (unpaired) electrons. The lowest BCUT2D eigenvalue weighted by Gasteiger charge is -2.17. The summed E-state index contributed by atoms with van der Waals surface area (Å²) >= 11 is 5.72. The number of aromatic nitrogens is 1. The predicted molar refractivity (Wildman–Crippen MR) is 74.1 cm³/mol. The number of nitro groups is 1. The Labute approximate surface area is 120 Å². The highest BCUT2D eigenvalue weighted by atomic mass is 35.5. The van der Waals surface area contributed by atoms with Crippen LogP contribution < -0.4 is 10.2 Å². The maximum atomic E-state index is 11.6. The smallest absolute Gasteiger partial charge is 0.276 e. The van der Waals surface area contributed by atoms with Crippen LogP contribution in [0.4, 0.5) is 11.5 Å². The summed E-state index contributed by atoms with van der Waals surface area (Å²) in [6.45, 7) is 0.816. The molecule has 0 atom stereocenters. The highest BCUT2D eigenvalue weighted by molar-refractivity contribution is 6.29. The van der Waals surface area contributed by atoms with Crippen molar-refractivity contribution >= 4 is 29.0 Å². The quantitative estimate of drug-likeness (QED) is 0.347. The van der Waals surface area contributed by atoms with Gasteiger partial charge in [0.25, 0.3) is 5.69 Å². The molecule has 110 valence electrons. The van der Waals surface area contributed by atoms with Crippen LogP contribution in [0.5, 0.6) is 0 Å². The number of halogens is 1. The number of carbonyl (C=O) groups excluding carboxylic acids is 1. The standard InChI is InChI=1S/C11H15ClN4O4/c1-15(7-11(17)13-3-4-20-2)10-6-8(16(18)19)5-9(12)14-10/h5-6H,3-4,7H2,1-2H3,(H,13,17). The Kier molecular flexibility index (Phi) is 6.13. The fraction of sp³-hybridized carbons (Fsp3) is 0.455. The van der Waals surface area contributed by atoms with E-state index in [1.54, 1.807) is 7.05 Å². The SMILES string of the molecule is COCCNC(=O)CN(C)c1cc([N+](=O)[O-])cc(Cl)n1. The number of hydrogen-bond donors (Lipinski definition) is 1. The van der Waals surface area contributed by atoms with Crippen LogP contribution in [-0.2, 0) is 9.53 Å². The monoisotopic (exact) mass is 302 g/mol. The van der Waals surface area contributed by atoms with Gasteiger partial charge in [0.05, 0.1) is 30.2 Å². The molecule has 0 fully saturated rings. The van der Waals surface area contributed by atoms with Gasteiger partial charge in [-0.2, -0.15) is 0 Å². The summed E-state index contributed by atoms with van der Waals surface area (Å²) in [4.78, 5) is 27.2. The molecule has 0 aliphatic rings. The van der Waals surface area contributed by atoms with Gasteiger partial charge in [0, 0.05) is 20.7 Å². The third kappa shape index (κ3) is 4.98.